The quantitative estimate of drug-likeness (QED) is 0.639. The first-order valence-electron chi connectivity index (χ1n) is 8.15. The van der Waals surface area contributed by atoms with Crippen LogP contribution in [0.1, 0.15) is 32.0 Å². The molecule has 7 heteroatoms. The molecular formula is C20H16Cl2N2O3. The van der Waals surface area contributed by atoms with Crippen molar-refractivity contribution in [1.82, 2.24) is 10.6 Å². The van der Waals surface area contributed by atoms with Crippen LogP contribution in [0.25, 0.3) is 0 Å². The number of amides is 2. The number of furan rings is 1. The molecule has 1 aromatic heterocycles. The lowest BCUT2D eigenvalue weighted by molar-refractivity contribution is 0.0943. The zero-order chi connectivity index (χ0) is 19.2. The average molecular weight is 403 g/mol. The van der Waals surface area contributed by atoms with E-state index in [4.69, 9.17) is 27.6 Å². The molecule has 138 valence electrons. The van der Waals surface area contributed by atoms with Gasteiger partial charge in [-0.3, -0.25) is 9.59 Å². The number of hydrogen-bond acceptors (Lipinski definition) is 3. The minimum absolute atomic E-state index is 0.225. The lowest BCUT2D eigenvalue weighted by Crippen LogP contribution is -2.24. The molecule has 2 aromatic carbocycles. The van der Waals surface area contributed by atoms with Crippen molar-refractivity contribution in [3.63, 3.8) is 0 Å². The first-order chi connectivity index (χ1) is 13.0. The van der Waals surface area contributed by atoms with Crippen molar-refractivity contribution in [1.29, 1.82) is 0 Å². The number of carbonyl (C=O) groups excluding carboxylic acids is 2. The molecule has 2 amide bonds. The van der Waals surface area contributed by atoms with Gasteiger partial charge in [-0.15, -0.1) is 0 Å². The van der Waals surface area contributed by atoms with Crippen LogP contribution in [0.3, 0.4) is 0 Å². The molecule has 2 N–H and O–H groups in total. The van der Waals surface area contributed by atoms with Gasteiger partial charge in [0.2, 0.25) is 0 Å². The maximum atomic E-state index is 12.3. The Labute approximate surface area is 166 Å². The zero-order valence-electron chi connectivity index (χ0n) is 14.2. The van der Waals surface area contributed by atoms with E-state index in [-0.39, 0.29) is 18.4 Å². The van der Waals surface area contributed by atoms with Gasteiger partial charge in [-0.1, -0.05) is 35.3 Å². The number of nitrogens with one attached hydrogen (secondary N) is 2. The van der Waals surface area contributed by atoms with Gasteiger partial charge in [0.15, 0.2) is 0 Å². The lowest BCUT2D eigenvalue weighted by atomic mass is 10.1. The molecule has 0 aliphatic rings. The van der Waals surface area contributed by atoms with Crippen LogP contribution in [0.4, 0.5) is 0 Å². The van der Waals surface area contributed by atoms with Crippen LogP contribution in [0.5, 0.6) is 0 Å². The van der Waals surface area contributed by atoms with Gasteiger partial charge in [0.05, 0.1) is 23.4 Å². The molecule has 0 saturated heterocycles. The van der Waals surface area contributed by atoms with Gasteiger partial charge in [0.1, 0.15) is 5.76 Å². The summed E-state index contributed by atoms with van der Waals surface area (Å²) < 4.78 is 5.19. The van der Waals surface area contributed by atoms with Gasteiger partial charge in [0, 0.05) is 17.1 Å². The number of halogens is 2. The normalized spacial score (nSPS) is 10.4. The number of benzene rings is 2. The standard InChI is InChI=1S/C20H16Cl2N2O3/c21-15-6-7-18(22)17(10-15)20(26)23-11-13-3-1-4-14(9-13)19(25)24-12-16-5-2-8-27-16/h1-10H,11-12H2,(H,23,26)(H,24,25). The van der Waals surface area contributed by atoms with Crippen molar-refractivity contribution in [3.8, 4) is 0 Å². The predicted octanol–water partition coefficient (Wildman–Crippen LogP) is 4.45. The molecule has 0 unspecified atom stereocenters. The Morgan fingerprint density at radius 1 is 0.889 bits per heavy atom. The maximum Gasteiger partial charge on any atom is 0.253 e. The topological polar surface area (TPSA) is 71.3 Å². The Kier molecular flexibility index (Phi) is 6.16. The smallest absolute Gasteiger partial charge is 0.253 e. The zero-order valence-corrected chi connectivity index (χ0v) is 15.7. The van der Waals surface area contributed by atoms with Crippen molar-refractivity contribution in [2.24, 2.45) is 0 Å². The van der Waals surface area contributed by atoms with Gasteiger partial charge in [-0.05, 0) is 48.0 Å². The third kappa shape index (κ3) is 5.12. The third-order valence-electron chi connectivity index (χ3n) is 3.82. The van der Waals surface area contributed by atoms with Gasteiger partial charge >= 0.3 is 0 Å². The van der Waals surface area contributed by atoms with Gasteiger partial charge in [0.25, 0.3) is 11.8 Å². The molecule has 3 rings (SSSR count). The molecular weight excluding hydrogens is 387 g/mol. The highest BCUT2D eigenvalue weighted by atomic mass is 35.5. The van der Waals surface area contributed by atoms with Crippen LogP contribution >= 0.6 is 23.2 Å². The van der Waals surface area contributed by atoms with E-state index < -0.39 is 0 Å². The Morgan fingerprint density at radius 2 is 1.70 bits per heavy atom. The fourth-order valence-electron chi connectivity index (χ4n) is 2.45. The highest BCUT2D eigenvalue weighted by Crippen LogP contribution is 2.20. The fourth-order valence-corrected chi connectivity index (χ4v) is 2.83. The average Bonchev–Trinajstić information content (AvgIpc) is 3.20. The van der Waals surface area contributed by atoms with Crippen LogP contribution in [-0.2, 0) is 13.1 Å². The summed E-state index contributed by atoms with van der Waals surface area (Å²) in [4.78, 5) is 24.6. The Balaban J connectivity index is 1.61. The summed E-state index contributed by atoms with van der Waals surface area (Å²) >= 11 is 11.9. The molecule has 0 bridgehead atoms. The summed E-state index contributed by atoms with van der Waals surface area (Å²) in [6.07, 6.45) is 1.55. The van der Waals surface area contributed by atoms with E-state index in [2.05, 4.69) is 10.6 Å². The van der Waals surface area contributed by atoms with Crippen LogP contribution < -0.4 is 10.6 Å². The summed E-state index contributed by atoms with van der Waals surface area (Å²) in [6.45, 7) is 0.557. The van der Waals surface area contributed by atoms with E-state index in [0.717, 1.165) is 5.56 Å². The van der Waals surface area contributed by atoms with E-state index in [1.54, 1.807) is 48.7 Å². The summed E-state index contributed by atoms with van der Waals surface area (Å²) in [5.74, 6) is 0.109. The molecule has 1 heterocycles. The first kappa shape index (κ1) is 19.0. The van der Waals surface area contributed by atoms with E-state index in [0.29, 0.717) is 33.5 Å². The van der Waals surface area contributed by atoms with Gasteiger partial charge in [-0.25, -0.2) is 0 Å². The highest BCUT2D eigenvalue weighted by Gasteiger charge is 2.12. The second-order valence-electron chi connectivity index (χ2n) is 5.77. The Morgan fingerprint density at radius 3 is 2.48 bits per heavy atom. The van der Waals surface area contributed by atoms with Crippen LogP contribution in [0.15, 0.2) is 65.3 Å². The first-order valence-corrected chi connectivity index (χ1v) is 8.91. The Bertz CT molecular complexity index is 956. The minimum atomic E-state index is -0.338. The van der Waals surface area contributed by atoms with Crippen LogP contribution in [0, 0.1) is 0 Å². The summed E-state index contributed by atoms with van der Waals surface area (Å²) in [5, 5.41) is 6.31. The summed E-state index contributed by atoms with van der Waals surface area (Å²) in [5.41, 5.74) is 1.58. The summed E-state index contributed by atoms with van der Waals surface area (Å²) in [7, 11) is 0. The number of carbonyl (C=O) groups is 2. The third-order valence-corrected chi connectivity index (χ3v) is 4.38. The monoisotopic (exact) mass is 402 g/mol. The van der Waals surface area contributed by atoms with Crippen LogP contribution in [0.2, 0.25) is 10.0 Å². The molecule has 0 saturated carbocycles. The lowest BCUT2D eigenvalue weighted by Gasteiger charge is -2.09. The second-order valence-corrected chi connectivity index (χ2v) is 6.61. The second kappa shape index (κ2) is 8.75. The molecule has 0 aliphatic heterocycles. The van der Waals surface area contributed by atoms with Crippen molar-refractivity contribution in [2.45, 2.75) is 13.1 Å². The molecule has 0 fully saturated rings. The fraction of sp³-hybridized carbons (Fsp3) is 0.100. The van der Waals surface area contributed by atoms with Crippen molar-refractivity contribution >= 4 is 35.0 Å². The highest BCUT2D eigenvalue weighted by molar-refractivity contribution is 6.35. The molecule has 0 radical (unpaired) electrons. The molecule has 5 nitrogen and oxygen atoms in total. The summed E-state index contributed by atoms with van der Waals surface area (Å²) in [6, 6.07) is 15.3. The molecule has 0 spiro atoms. The van der Waals surface area contributed by atoms with E-state index in [1.807, 2.05) is 6.07 Å². The molecule has 0 aliphatic carbocycles. The van der Waals surface area contributed by atoms with E-state index in [1.165, 1.54) is 6.07 Å². The molecule has 3 aromatic rings. The van der Waals surface area contributed by atoms with Crippen molar-refractivity contribution in [3.05, 3.63) is 93.4 Å². The van der Waals surface area contributed by atoms with Crippen molar-refractivity contribution < 1.29 is 14.0 Å². The van der Waals surface area contributed by atoms with Gasteiger partial charge in [-0.2, -0.15) is 0 Å². The Hall–Kier alpha value is -2.76. The number of rotatable bonds is 6. The largest absolute Gasteiger partial charge is 0.467 e. The predicted molar refractivity (Wildman–Crippen MR) is 104 cm³/mol. The van der Waals surface area contributed by atoms with E-state index in [9.17, 15) is 9.59 Å². The van der Waals surface area contributed by atoms with E-state index >= 15 is 0 Å². The SMILES string of the molecule is O=C(NCc1ccco1)c1cccc(CNC(=O)c2cc(Cl)ccc2Cl)c1. The number of hydrogen-bond donors (Lipinski definition) is 2. The molecule has 27 heavy (non-hydrogen) atoms. The molecule has 0 atom stereocenters. The van der Waals surface area contributed by atoms with Crippen molar-refractivity contribution in [2.75, 3.05) is 0 Å². The minimum Gasteiger partial charge on any atom is -0.467 e. The van der Waals surface area contributed by atoms with Crippen LogP contribution in [-0.4, -0.2) is 11.8 Å². The van der Waals surface area contributed by atoms with Gasteiger partial charge < -0.3 is 15.1 Å². The maximum absolute atomic E-state index is 12.3.